The summed E-state index contributed by atoms with van der Waals surface area (Å²) in [5, 5.41) is 19.3. The number of aliphatic hydroxyl groups excluding tert-OH is 1. The van der Waals surface area contributed by atoms with Gasteiger partial charge in [-0.15, -0.1) is 0 Å². The Bertz CT molecular complexity index is 2890. The monoisotopic (exact) mass is 1450 g/mol. The third-order valence-corrected chi connectivity index (χ3v) is 21.0. The molecule has 0 spiro atoms. The molecule has 95 heavy (non-hydrogen) atoms. The van der Waals surface area contributed by atoms with E-state index in [-0.39, 0.29) is 144 Å². The van der Waals surface area contributed by atoms with Crippen LogP contribution in [0.15, 0.2) is 63.6 Å². The molecule has 2 aliphatic heterocycles. The summed E-state index contributed by atoms with van der Waals surface area (Å²) >= 11 is 6.23. The number of nitrogens with one attached hydrogen (secondary N) is 3. The number of Topliss-reactive ketones (excluding diaryl/α,β-unsaturated/α-hetero) is 3. The molecule has 0 radical (unpaired) electrons. The summed E-state index contributed by atoms with van der Waals surface area (Å²) in [7, 11) is 6.62. The number of ether oxygens (including phenoxy) is 3. The maximum atomic E-state index is 14.9. The number of ketones is 3. The van der Waals surface area contributed by atoms with Gasteiger partial charge in [0.15, 0.2) is 11.6 Å². The van der Waals surface area contributed by atoms with Crippen molar-refractivity contribution in [3.8, 4) is 0 Å². The summed E-state index contributed by atoms with van der Waals surface area (Å²) in [5.41, 5.74) is 7.03. The quantitative estimate of drug-likeness (QED) is 0.0305. The third-order valence-electron chi connectivity index (χ3n) is 19.0. The summed E-state index contributed by atoms with van der Waals surface area (Å²) in [6.45, 7) is 20.8. The van der Waals surface area contributed by atoms with Gasteiger partial charge in [-0.05, 0) is 136 Å². The van der Waals surface area contributed by atoms with Gasteiger partial charge in [0.1, 0.15) is 21.4 Å². The van der Waals surface area contributed by atoms with Gasteiger partial charge in [-0.1, -0.05) is 125 Å². The largest absolute Gasteiger partial charge is 0.445 e. The van der Waals surface area contributed by atoms with Crippen LogP contribution < -0.4 is 21.7 Å². The Kier molecular flexibility index (Phi) is 34.4. The zero-order valence-electron chi connectivity index (χ0n) is 58.5. The number of carbonyl (C=O) groups excluding carboxylic acids is 10. The molecule has 12 atom stereocenters. The third kappa shape index (κ3) is 23.9. The lowest BCUT2D eigenvalue weighted by Crippen LogP contribution is -2.53. The van der Waals surface area contributed by atoms with Gasteiger partial charge >= 0.3 is 12.1 Å². The highest BCUT2D eigenvalue weighted by Crippen LogP contribution is 2.34. The molecular formula is C71H108Br2N8O14. The van der Waals surface area contributed by atoms with Crippen LogP contribution in [0.25, 0.3) is 0 Å². The van der Waals surface area contributed by atoms with Crippen molar-refractivity contribution < 1.29 is 67.3 Å². The predicted molar refractivity (Wildman–Crippen MR) is 373 cm³/mol. The number of nitrogens with two attached hydrogens (primary N) is 1. The second-order valence-electron chi connectivity index (χ2n) is 27.0. The van der Waals surface area contributed by atoms with Crippen molar-refractivity contribution in [3.05, 3.63) is 74.7 Å². The lowest BCUT2D eigenvalue weighted by atomic mass is 9.83. The number of urea groups is 1. The minimum atomic E-state index is -0.921. The minimum Gasteiger partial charge on any atom is -0.445 e. The number of nitrogens with zero attached hydrogens (tertiary/aromatic N) is 4. The molecular weight excluding hydrogens is 1350 g/mol. The Morgan fingerprint density at radius 3 is 1.94 bits per heavy atom. The average Bonchev–Trinajstić information content (AvgIpc) is 1.81. The molecule has 24 heteroatoms. The van der Waals surface area contributed by atoms with Gasteiger partial charge in [0.05, 0.1) is 36.4 Å². The first-order chi connectivity index (χ1) is 44.9. The highest BCUT2D eigenvalue weighted by Gasteiger charge is 2.43. The first-order valence-electron chi connectivity index (χ1n) is 33.8. The van der Waals surface area contributed by atoms with Gasteiger partial charge in [-0.25, -0.2) is 9.59 Å². The number of halogens is 2. The molecule has 1 fully saturated rings. The van der Waals surface area contributed by atoms with Gasteiger partial charge in [0.25, 0.3) is 11.8 Å². The number of benzene rings is 2. The van der Waals surface area contributed by atoms with E-state index in [1.54, 1.807) is 64.3 Å². The lowest BCUT2D eigenvalue weighted by Gasteiger charge is -2.41. The fourth-order valence-electron chi connectivity index (χ4n) is 13.2. The fourth-order valence-corrected chi connectivity index (χ4v) is 14.0. The number of hydrogen-bond acceptors (Lipinski definition) is 15. The van der Waals surface area contributed by atoms with Gasteiger partial charge < -0.3 is 50.8 Å². The second-order valence-corrected chi connectivity index (χ2v) is 28.6. The smallest absolute Gasteiger partial charge is 0.410 e. The normalized spacial score (nSPS) is 17.9. The maximum Gasteiger partial charge on any atom is 0.410 e. The molecule has 530 valence electrons. The van der Waals surface area contributed by atoms with Crippen LogP contribution in [0.2, 0.25) is 0 Å². The summed E-state index contributed by atoms with van der Waals surface area (Å²) in [5.74, 6) is -5.56. The van der Waals surface area contributed by atoms with E-state index in [1.165, 1.54) is 11.9 Å². The van der Waals surface area contributed by atoms with Crippen LogP contribution in [0, 0.1) is 47.3 Å². The highest BCUT2D eigenvalue weighted by atomic mass is 79.9. The van der Waals surface area contributed by atoms with Gasteiger partial charge in [-0.3, -0.25) is 48.2 Å². The number of methoxy groups -OCH3 is 2. The number of rotatable bonds is 42. The standard InChI is InChI=1S/C71H108Br2N8O14/c1-15-45(8)63(57(93-13)33-37-80-35-23-27-53(80)65(94-14)47(10)54(82)38-46(9)64(86)49-24-18-16-19-25-49)78(11)67(88)52(42(2)3)40-56(84)62(44(6)7)79(12)71(92)95-41-48-29-31-51(32-30-48)76-66(87)50(26-22-34-75-70(74)91)39-55(83)61(43(4)5)77-58(85)28-20-17-21-36-81-68(89)59(72)60(73)69(81)90/h16,18-19,24-25,29-32,42-47,50,52-53,57,61-65,86H,15,17,20-23,26-28,33-41H2,1-14H3,(H,76,87)(H,77,85)(H3,74,75,91)/t45-,46-,47-,50+,52?,53+,57+,61-,62-,63?,64+,65+/m0/s1. The number of anilines is 1. The van der Waals surface area contributed by atoms with Gasteiger partial charge in [-0.2, -0.15) is 0 Å². The van der Waals surface area contributed by atoms with Crippen LogP contribution in [0.1, 0.15) is 170 Å². The SMILES string of the molecule is CC[C@H](C)C([C@@H](CCN1CCC[C@@H]1[C@H](OC)[C@@H](C)C(=O)C[C@H](C)[C@@H](O)c1ccccc1)OC)N(C)C(=O)C(CC(=O)[C@H](C(C)C)N(C)C(=O)OCc1ccc(NC(=O)[C@H](CCCNC(N)=O)CC(=O)[C@@H](NC(=O)CCCCCN2C(=O)C(Br)=C(Br)C2=O)C(C)C)cc1)C(C)C. The molecule has 22 nitrogen and oxygen atoms in total. The van der Waals surface area contributed by atoms with E-state index in [4.69, 9.17) is 19.9 Å². The van der Waals surface area contributed by atoms with E-state index >= 15 is 0 Å². The van der Waals surface area contributed by atoms with E-state index in [2.05, 4.69) is 66.6 Å². The lowest BCUT2D eigenvalue weighted by molar-refractivity contribution is -0.145. The number of likely N-dealkylation sites (N-methyl/N-ethyl adjacent to an activating group) is 2. The van der Waals surface area contributed by atoms with Crippen LogP contribution >= 0.6 is 31.9 Å². The molecule has 1 saturated heterocycles. The summed E-state index contributed by atoms with van der Waals surface area (Å²) in [6, 6.07) is 13.1. The Labute approximate surface area is 580 Å². The fraction of sp³-hybridized carbons (Fsp3) is 0.662. The number of carbonyl (C=O) groups is 10. The van der Waals surface area contributed by atoms with Crippen LogP contribution in [-0.4, -0.2) is 175 Å². The van der Waals surface area contributed by atoms with Crippen LogP contribution in [0.5, 0.6) is 0 Å². The number of primary amides is 1. The Morgan fingerprint density at radius 1 is 0.726 bits per heavy atom. The van der Waals surface area contributed by atoms with E-state index in [0.717, 1.165) is 36.3 Å². The maximum absolute atomic E-state index is 14.9. The first kappa shape index (κ1) is 81.5. The van der Waals surface area contributed by atoms with E-state index < -0.39 is 65.8 Å². The van der Waals surface area contributed by atoms with Crippen molar-refractivity contribution >= 4 is 96.6 Å². The number of imide groups is 1. The van der Waals surface area contributed by atoms with Crippen LogP contribution in [0.3, 0.4) is 0 Å². The molecule has 0 bridgehead atoms. The molecule has 2 aromatic carbocycles. The first-order valence-corrected chi connectivity index (χ1v) is 35.4. The molecule has 0 aliphatic carbocycles. The van der Waals surface area contributed by atoms with Crippen molar-refractivity contribution in [1.29, 1.82) is 0 Å². The number of unbranched alkanes of at least 4 members (excludes halogenated alkanes) is 2. The number of amides is 8. The molecule has 2 aromatic rings. The highest BCUT2D eigenvalue weighted by molar-refractivity contribution is 9.14. The molecule has 6 N–H and O–H groups in total. The average molecular weight is 1460 g/mol. The van der Waals surface area contributed by atoms with Crippen LogP contribution in [0.4, 0.5) is 15.3 Å². The summed E-state index contributed by atoms with van der Waals surface area (Å²) in [4.78, 5) is 141. The number of aliphatic hydroxyl groups is 1. The van der Waals surface area contributed by atoms with Crippen molar-refractivity contribution in [1.82, 2.24) is 30.2 Å². The van der Waals surface area contributed by atoms with E-state index in [0.29, 0.717) is 49.9 Å². The predicted octanol–water partition coefficient (Wildman–Crippen LogP) is 10.3. The molecule has 0 saturated carbocycles. The van der Waals surface area contributed by atoms with Crippen molar-refractivity contribution in [2.45, 2.75) is 202 Å². The van der Waals surface area contributed by atoms with Crippen molar-refractivity contribution in [3.63, 3.8) is 0 Å². The number of hydrogen-bond donors (Lipinski definition) is 5. The molecule has 2 unspecified atom stereocenters. The van der Waals surface area contributed by atoms with Crippen molar-refractivity contribution in [2.75, 3.05) is 59.8 Å². The second kappa shape index (κ2) is 40.1. The molecule has 4 rings (SSSR count). The Balaban J connectivity index is 1.35. The Hall–Kier alpha value is -5.92. The Morgan fingerprint density at radius 2 is 1.37 bits per heavy atom. The minimum absolute atomic E-state index is 0.0162. The van der Waals surface area contributed by atoms with Crippen molar-refractivity contribution in [2.24, 2.45) is 53.1 Å². The van der Waals surface area contributed by atoms with E-state index in [1.807, 2.05) is 71.9 Å². The van der Waals surface area contributed by atoms with Gasteiger partial charge in [0.2, 0.25) is 17.7 Å². The topological polar surface area (TPSA) is 294 Å². The molecule has 8 amide bonds. The summed E-state index contributed by atoms with van der Waals surface area (Å²) < 4.78 is 18.5. The van der Waals surface area contributed by atoms with E-state index in [9.17, 15) is 53.1 Å². The zero-order valence-corrected chi connectivity index (χ0v) is 61.6. The summed E-state index contributed by atoms with van der Waals surface area (Å²) in [6.07, 6.45) is 2.93. The van der Waals surface area contributed by atoms with Crippen LogP contribution in [-0.2, 0) is 59.2 Å². The molecule has 0 aromatic heterocycles. The van der Waals surface area contributed by atoms with Gasteiger partial charge in [0, 0.05) is 103 Å². The number of likely N-dealkylation sites (tertiary alicyclic amines) is 1. The molecule has 2 heterocycles. The zero-order chi connectivity index (χ0) is 71.0. The molecule has 2 aliphatic rings.